The Kier molecular flexibility index (Phi) is 14.9. The summed E-state index contributed by atoms with van der Waals surface area (Å²) in [4.78, 5) is 25.3. The summed E-state index contributed by atoms with van der Waals surface area (Å²) in [5.74, 6) is -0.258. The highest BCUT2D eigenvalue weighted by Gasteiger charge is 2.32. The van der Waals surface area contributed by atoms with Crippen LogP contribution in [0.15, 0.2) is 0 Å². The molecule has 1 amide bonds. The minimum Gasteiger partial charge on any atom is -0.355 e. The fraction of sp³-hybridized carbons (Fsp3) is 0.875. The van der Waals surface area contributed by atoms with E-state index in [0.717, 1.165) is 6.54 Å². The van der Waals surface area contributed by atoms with Gasteiger partial charge in [-0.1, -0.05) is 6.92 Å². The smallest absolute Gasteiger partial charge is 0.344 e. The molecule has 0 spiro atoms. The number of nitrogens with one attached hydrogen (secondary N) is 2. The number of nitrogens with zero attached hydrogens (tertiary/aromatic N) is 1. The maximum Gasteiger partial charge on any atom is 0.344 e. The molecule has 2 N–H and O–H groups in total. The van der Waals surface area contributed by atoms with Gasteiger partial charge < -0.3 is 28.7 Å². The standard InChI is InChI=1S/C16H35N3O8P2/c1-6-17-11-9-15(20)8-7-10-18-16(21)12-19(13-28(22,24-2)25-3)14-29(23,26-4)27-5/h17H,6-14H2,1-5H3,(H,18,21). The Labute approximate surface area is 173 Å². The van der Waals surface area contributed by atoms with E-state index in [1.807, 2.05) is 6.92 Å². The van der Waals surface area contributed by atoms with E-state index in [0.29, 0.717) is 32.4 Å². The summed E-state index contributed by atoms with van der Waals surface area (Å²) in [5.41, 5.74) is 0. The van der Waals surface area contributed by atoms with E-state index >= 15 is 0 Å². The molecule has 0 bridgehead atoms. The maximum absolute atomic E-state index is 12.4. The Morgan fingerprint density at radius 3 is 1.83 bits per heavy atom. The van der Waals surface area contributed by atoms with Crippen molar-refractivity contribution in [3.63, 3.8) is 0 Å². The van der Waals surface area contributed by atoms with E-state index in [2.05, 4.69) is 10.6 Å². The van der Waals surface area contributed by atoms with Crippen molar-refractivity contribution >= 4 is 26.9 Å². The van der Waals surface area contributed by atoms with Gasteiger partial charge in [-0.2, -0.15) is 0 Å². The lowest BCUT2D eigenvalue weighted by Gasteiger charge is -2.27. The molecule has 29 heavy (non-hydrogen) atoms. The Morgan fingerprint density at radius 2 is 1.38 bits per heavy atom. The van der Waals surface area contributed by atoms with Gasteiger partial charge in [-0.25, -0.2) is 0 Å². The highest BCUT2D eigenvalue weighted by Crippen LogP contribution is 2.51. The molecule has 0 aromatic rings. The first-order valence-corrected chi connectivity index (χ1v) is 12.8. The van der Waals surface area contributed by atoms with Gasteiger partial charge in [-0.05, 0) is 13.0 Å². The zero-order valence-electron chi connectivity index (χ0n) is 18.0. The van der Waals surface area contributed by atoms with E-state index in [4.69, 9.17) is 18.1 Å². The second-order valence-corrected chi connectivity index (χ2v) is 10.6. The quantitative estimate of drug-likeness (QED) is 0.230. The van der Waals surface area contributed by atoms with Crippen molar-refractivity contribution in [3.8, 4) is 0 Å². The lowest BCUT2D eigenvalue weighted by molar-refractivity contribution is -0.122. The molecule has 0 radical (unpaired) electrons. The van der Waals surface area contributed by atoms with Crippen LogP contribution >= 0.6 is 15.2 Å². The molecule has 0 atom stereocenters. The van der Waals surface area contributed by atoms with E-state index in [9.17, 15) is 18.7 Å². The summed E-state index contributed by atoms with van der Waals surface area (Å²) >= 11 is 0. The predicted molar refractivity (Wildman–Crippen MR) is 110 cm³/mol. The van der Waals surface area contributed by atoms with Crippen LogP contribution in [0.3, 0.4) is 0 Å². The van der Waals surface area contributed by atoms with Gasteiger partial charge >= 0.3 is 15.2 Å². The number of ketones is 1. The number of carbonyl (C=O) groups excluding carboxylic acids is 2. The monoisotopic (exact) mass is 459 g/mol. The molecule has 0 rings (SSSR count). The van der Waals surface area contributed by atoms with Crippen LogP contribution in [0.25, 0.3) is 0 Å². The number of rotatable bonds is 18. The number of Topliss-reactive ketones (excluding diaryl/α,β-unsaturated/α-hetero) is 1. The molecule has 11 nitrogen and oxygen atoms in total. The average molecular weight is 459 g/mol. The topological polar surface area (TPSA) is 133 Å². The normalized spacial score (nSPS) is 12.3. The van der Waals surface area contributed by atoms with Crippen LogP contribution < -0.4 is 10.6 Å². The highest BCUT2D eigenvalue weighted by molar-refractivity contribution is 7.54. The fourth-order valence-corrected chi connectivity index (χ4v) is 4.61. The molecular weight excluding hydrogens is 424 g/mol. The third-order valence-corrected chi connectivity index (χ3v) is 7.73. The molecular formula is C16H35N3O8P2. The number of hydrogen-bond donors (Lipinski definition) is 2. The third kappa shape index (κ3) is 12.6. The van der Waals surface area contributed by atoms with Crippen LogP contribution in [-0.2, 0) is 36.8 Å². The molecule has 0 saturated heterocycles. The maximum atomic E-state index is 12.4. The zero-order chi connectivity index (χ0) is 22.3. The van der Waals surface area contributed by atoms with Crippen LogP contribution in [0.2, 0.25) is 0 Å². The van der Waals surface area contributed by atoms with Gasteiger partial charge in [0, 0.05) is 54.4 Å². The molecule has 0 aliphatic rings. The van der Waals surface area contributed by atoms with Crippen molar-refractivity contribution in [1.82, 2.24) is 15.5 Å². The van der Waals surface area contributed by atoms with Gasteiger partial charge in [0.2, 0.25) is 5.91 Å². The number of hydrogen-bond acceptors (Lipinski definition) is 10. The minimum absolute atomic E-state index is 0.129. The SMILES string of the molecule is CCNCCC(=O)CCCNC(=O)CN(CP(=O)(OC)OC)CP(=O)(OC)OC. The molecule has 172 valence electrons. The van der Waals surface area contributed by atoms with Gasteiger partial charge in [0.1, 0.15) is 18.4 Å². The average Bonchev–Trinajstić information content (AvgIpc) is 2.71. The zero-order valence-corrected chi connectivity index (χ0v) is 19.8. The molecule has 0 aliphatic carbocycles. The first-order chi connectivity index (χ1) is 13.7. The van der Waals surface area contributed by atoms with Crippen LogP contribution in [0.4, 0.5) is 0 Å². The van der Waals surface area contributed by atoms with Crippen molar-refractivity contribution in [1.29, 1.82) is 0 Å². The van der Waals surface area contributed by atoms with Crippen molar-refractivity contribution in [2.24, 2.45) is 0 Å². The Hall–Kier alpha value is -0.640. The molecule has 0 heterocycles. The van der Waals surface area contributed by atoms with E-state index in [1.165, 1.54) is 33.3 Å². The third-order valence-electron chi connectivity index (χ3n) is 4.01. The van der Waals surface area contributed by atoms with Crippen LogP contribution in [0.5, 0.6) is 0 Å². The van der Waals surface area contributed by atoms with E-state index < -0.39 is 15.2 Å². The lowest BCUT2D eigenvalue weighted by Crippen LogP contribution is -2.39. The first-order valence-electron chi connectivity index (χ1n) is 9.30. The van der Waals surface area contributed by atoms with Crippen molar-refractivity contribution < 1.29 is 36.8 Å². The molecule has 0 aromatic carbocycles. The molecule has 13 heteroatoms. The predicted octanol–water partition coefficient (Wildman–Crippen LogP) is 1.64. The molecule has 0 unspecified atom stereocenters. The van der Waals surface area contributed by atoms with Crippen LogP contribution in [0, 0.1) is 0 Å². The highest BCUT2D eigenvalue weighted by atomic mass is 31.2. The van der Waals surface area contributed by atoms with Crippen molar-refractivity contribution in [3.05, 3.63) is 0 Å². The second-order valence-electron chi connectivity index (χ2n) is 6.16. The Bertz CT molecular complexity index is 547. The van der Waals surface area contributed by atoms with Crippen LogP contribution in [0.1, 0.15) is 26.2 Å². The second kappa shape index (κ2) is 15.2. The molecule has 0 aromatic heterocycles. The summed E-state index contributed by atoms with van der Waals surface area (Å²) < 4.78 is 44.4. The van der Waals surface area contributed by atoms with Crippen LogP contribution in [-0.4, -0.2) is 83.8 Å². The summed E-state index contributed by atoms with van der Waals surface area (Å²) in [6.07, 6.45) is 0.808. The van der Waals surface area contributed by atoms with Gasteiger partial charge in [0.05, 0.1) is 6.54 Å². The van der Waals surface area contributed by atoms with Gasteiger partial charge in [-0.15, -0.1) is 0 Å². The number of amides is 1. The first kappa shape index (κ1) is 28.4. The van der Waals surface area contributed by atoms with Crippen molar-refractivity contribution in [2.45, 2.75) is 26.2 Å². The summed E-state index contributed by atoms with van der Waals surface area (Å²) in [6, 6.07) is 0. The van der Waals surface area contributed by atoms with E-state index in [1.54, 1.807) is 0 Å². The van der Waals surface area contributed by atoms with Gasteiger partial charge in [-0.3, -0.25) is 23.6 Å². The molecule has 0 saturated carbocycles. The molecule has 0 aliphatic heterocycles. The number of carbonyl (C=O) groups is 2. The van der Waals surface area contributed by atoms with Crippen molar-refractivity contribution in [2.75, 3.05) is 67.2 Å². The summed E-state index contributed by atoms with van der Waals surface area (Å²) in [7, 11) is -2.10. The molecule has 0 fully saturated rings. The Morgan fingerprint density at radius 1 is 0.862 bits per heavy atom. The summed E-state index contributed by atoms with van der Waals surface area (Å²) in [5, 5.41) is 5.77. The Balaban J connectivity index is 4.65. The van der Waals surface area contributed by atoms with E-state index in [-0.39, 0.29) is 30.8 Å². The fourth-order valence-electron chi connectivity index (χ4n) is 2.32. The summed E-state index contributed by atoms with van der Waals surface area (Å²) in [6.45, 7) is 3.53. The lowest BCUT2D eigenvalue weighted by atomic mass is 10.1. The largest absolute Gasteiger partial charge is 0.355 e. The van der Waals surface area contributed by atoms with Gasteiger partial charge in [0.15, 0.2) is 0 Å². The minimum atomic E-state index is -3.50. The van der Waals surface area contributed by atoms with Gasteiger partial charge in [0.25, 0.3) is 0 Å².